The fraction of sp³-hybridized carbons (Fsp3) is 0.231. The lowest BCUT2D eigenvalue weighted by atomic mass is 10.2. The van der Waals surface area contributed by atoms with Crippen molar-refractivity contribution in [2.75, 3.05) is 5.32 Å². The van der Waals surface area contributed by atoms with E-state index in [0.717, 1.165) is 16.7 Å². The van der Waals surface area contributed by atoms with Gasteiger partial charge in [0.2, 0.25) is 5.91 Å². The molecule has 100 valence electrons. The molecule has 1 aromatic carbocycles. The van der Waals surface area contributed by atoms with Gasteiger partial charge in [-0.2, -0.15) is 5.10 Å². The monoisotopic (exact) mass is 322 g/mol. The first kappa shape index (κ1) is 13.6. The predicted molar refractivity (Wildman–Crippen MR) is 78.0 cm³/mol. The number of nitrogens with one attached hydrogen (secondary N) is 1. The van der Waals surface area contributed by atoms with Gasteiger partial charge in [-0.1, -0.05) is 0 Å². The Morgan fingerprint density at radius 3 is 2.68 bits per heavy atom. The molecule has 1 aromatic heterocycles. The van der Waals surface area contributed by atoms with E-state index in [1.165, 1.54) is 0 Å². The fourth-order valence-corrected chi connectivity index (χ4v) is 2.11. The first-order valence-corrected chi connectivity index (χ1v) is 6.68. The SMILES string of the molecule is C[C@H](Cn1cc(Br)cn1)Nc1ccc(C(N)=O)cc1. The number of carbonyl (C=O) groups is 1. The van der Waals surface area contributed by atoms with Gasteiger partial charge in [0.05, 0.1) is 17.2 Å². The van der Waals surface area contributed by atoms with Crippen molar-refractivity contribution >= 4 is 27.5 Å². The summed E-state index contributed by atoms with van der Waals surface area (Å²) in [6.45, 7) is 2.82. The maximum absolute atomic E-state index is 11.0. The minimum Gasteiger partial charge on any atom is -0.381 e. The third kappa shape index (κ3) is 3.82. The first-order valence-electron chi connectivity index (χ1n) is 5.89. The molecular weight excluding hydrogens is 308 g/mol. The Balaban J connectivity index is 1.94. The lowest BCUT2D eigenvalue weighted by molar-refractivity contribution is 0.100. The van der Waals surface area contributed by atoms with Crippen LogP contribution in [-0.4, -0.2) is 21.7 Å². The van der Waals surface area contributed by atoms with Gasteiger partial charge in [0, 0.05) is 23.5 Å². The van der Waals surface area contributed by atoms with Crippen LogP contribution in [0.4, 0.5) is 5.69 Å². The largest absolute Gasteiger partial charge is 0.381 e. The van der Waals surface area contributed by atoms with Gasteiger partial charge in [-0.05, 0) is 47.1 Å². The molecule has 0 fully saturated rings. The van der Waals surface area contributed by atoms with Crippen LogP contribution in [0.25, 0.3) is 0 Å². The molecule has 2 rings (SSSR count). The molecule has 1 atom stereocenters. The van der Waals surface area contributed by atoms with E-state index in [2.05, 4.69) is 33.3 Å². The summed E-state index contributed by atoms with van der Waals surface area (Å²) in [5.74, 6) is -0.416. The van der Waals surface area contributed by atoms with E-state index in [0.29, 0.717) is 5.56 Å². The Labute approximate surface area is 119 Å². The second kappa shape index (κ2) is 5.88. The molecule has 6 heteroatoms. The van der Waals surface area contributed by atoms with Crippen molar-refractivity contribution in [3.8, 4) is 0 Å². The highest BCUT2D eigenvalue weighted by Gasteiger charge is 2.05. The summed E-state index contributed by atoms with van der Waals surface area (Å²) in [5.41, 5.74) is 6.65. The summed E-state index contributed by atoms with van der Waals surface area (Å²) in [7, 11) is 0. The lowest BCUT2D eigenvalue weighted by Gasteiger charge is -2.15. The highest BCUT2D eigenvalue weighted by atomic mass is 79.9. The van der Waals surface area contributed by atoms with Gasteiger partial charge >= 0.3 is 0 Å². The average Bonchev–Trinajstić information content (AvgIpc) is 2.75. The highest BCUT2D eigenvalue weighted by molar-refractivity contribution is 9.10. The normalized spacial score (nSPS) is 12.1. The van der Waals surface area contributed by atoms with Crippen LogP contribution in [0, 0.1) is 0 Å². The number of rotatable bonds is 5. The minimum atomic E-state index is -0.416. The summed E-state index contributed by atoms with van der Waals surface area (Å²) in [4.78, 5) is 11.0. The standard InChI is InChI=1S/C13H15BrN4O/c1-9(7-18-8-11(14)6-16-18)17-12-4-2-10(3-5-12)13(15)19/h2-6,8-9,17H,7H2,1H3,(H2,15,19)/t9-/m1/s1. The molecule has 0 bridgehead atoms. The molecule has 0 aliphatic heterocycles. The molecule has 0 saturated heterocycles. The van der Waals surface area contributed by atoms with E-state index in [1.807, 2.05) is 23.0 Å². The third-order valence-electron chi connectivity index (χ3n) is 2.65. The maximum atomic E-state index is 11.0. The number of carbonyl (C=O) groups excluding carboxylic acids is 1. The van der Waals surface area contributed by atoms with E-state index in [4.69, 9.17) is 5.73 Å². The van der Waals surface area contributed by atoms with Crippen LogP contribution in [0.5, 0.6) is 0 Å². The van der Waals surface area contributed by atoms with E-state index in [9.17, 15) is 4.79 Å². The number of benzene rings is 1. The van der Waals surface area contributed by atoms with Crippen LogP contribution in [0.1, 0.15) is 17.3 Å². The van der Waals surface area contributed by atoms with E-state index in [-0.39, 0.29) is 6.04 Å². The van der Waals surface area contributed by atoms with Crippen LogP contribution in [-0.2, 0) is 6.54 Å². The summed E-state index contributed by atoms with van der Waals surface area (Å²) < 4.78 is 2.82. The van der Waals surface area contributed by atoms with Crippen molar-refractivity contribution in [2.24, 2.45) is 5.73 Å². The van der Waals surface area contributed by atoms with Crippen molar-refractivity contribution in [1.29, 1.82) is 0 Å². The number of hydrogen-bond acceptors (Lipinski definition) is 3. The van der Waals surface area contributed by atoms with Gasteiger partial charge in [0.15, 0.2) is 0 Å². The summed E-state index contributed by atoms with van der Waals surface area (Å²) in [5, 5.41) is 7.54. The molecule has 3 N–H and O–H groups in total. The zero-order valence-electron chi connectivity index (χ0n) is 10.5. The second-order valence-corrected chi connectivity index (χ2v) is 5.28. The number of anilines is 1. The van der Waals surface area contributed by atoms with Crippen LogP contribution >= 0.6 is 15.9 Å². The number of hydrogen-bond donors (Lipinski definition) is 2. The number of halogens is 1. The third-order valence-corrected chi connectivity index (χ3v) is 3.05. The Bertz CT molecular complexity index is 564. The van der Waals surface area contributed by atoms with Crippen molar-refractivity contribution < 1.29 is 4.79 Å². The molecule has 2 aromatic rings. The lowest BCUT2D eigenvalue weighted by Crippen LogP contribution is -2.22. The quantitative estimate of drug-likeness (QED) is 0.886. The molecular formula is C13H15BrN4O. The number of amides is 1. The number of nitrogens with zero attached hydrogens (tertiary/aromatic N) is 2. The Kier molecular flexibility index (Phi) is 4.21. The van der Waals surface area contributed by atoms with Gasteiger partial charge in [0.1, 0.15) is 0 Å². The summed E-state index contributed by atoms with van der Waals surface area (Å²) in [6.07, 6.45) is 3.68. The van der Waals surface area contributed by atoms with Gasteiger partial charge < -0.3 is 11.1 Å². The number of aromatic nitrogens is 2. The van der Waals surface area contributed by atoms with Crippen LogP contribution in [0.3, 0.4) is 0 Å². The minimum absolute atomic E-state index is 0.214. The molecule has 0 saturated carbocycles. The van der Waals surface area contributed by atoms with Crippen molar-refractivity contribution in [3.05, 3.63) is 46.7 Å². The van der Waals surface area contributed by atoms with Crippen LogP contribution in [0.15, 0.2) is 41.1 Å². The van der Waals surface area contributed by atoms with Gasteiger partial charge in [0.25, 0.3) is 0 Å². The molecule has 0 radical (unpaired) electrons. The van der Waals surface area contributed by atoms with Crippen LogP contribution in [0.2, 0.25) is 0 Å². The second-order valence-electron chi connectivity index (χ2n) is 4.37. The highest BCUT2D eigenvalue weighted by Crippen LogP contribution is 2.12. The summed E-state index contributed by atoms with van der Waals surface area (Å²) in [6, 6.07) is 7.32. The zero-order valence-corrected chi connectivity index (χ0v) is 12.1. The van der Waals surface area contributed by atoms with Gasteiger partial charge in [-0.15, -0.1) is 0 Å². The topological polar surface area (TPSA) is 72.9 Å². The van der Waals surface area contributed by atoms with Crippen molar-refractivity contribution in [3.63, 3.8) is 0 Å². The molecule has 0 aliphatic rings. The van der Waals surface area contributed by atoms with Crippen molar-refractivity contribution in [1.82, 2.24) is 9.78 Å². The van der Waals surface area contributed by atoms with Gasteiger partial charge in [-0.25, -0.2) is 0 Å². The smallest absolute Gasteiger partial charge is 0.248 e. The molecule has 19 heavy (non-hydrogen) atoms. The van der Waals surface area contributed by atoms with Crippen LogP contribution < -0.4 is 11.1 Å². The average molecular weight is 323 g/mol. The molecule has 0 spiro atoms. The van der Waals surface area contributed by atoms with E-state index < -0.39 is 5.91 Å². The maximum Gasteiger partial charge on any atom is 0.248 e. The molecule has 1 amide bonds. The number of primary amides is 1. The molecule has 0 unspecified atom stereocenters. The zero-order chi connectivity index (χ0) is 13.8. The molecule has 5 nitrogen and oxygen atoms in total. The first-order chi connectivity index (χ1) is 9.04. The van der Waals surface area contributed by atoms with Crippen molar-refractivity contribution in [2.45, 2.75) is 19.5 Å². The Hall–Kier alpha value is -1.82. The molecule has 0 aliphatic carbocycles. The summed E-state index contributed by atoms with van der Waals surface area (Å²) >= 11 is 3.36. The number of nitrogens with two attached hydrogens (primary N) is 1. The Morgan fingerprint density at radius 1 is 1.47 bits per heavy atom. The molecule has 1 heterocycles. The van der Waals surface area contributed by atoms with E-state index >= 15 is 0 Å². The van der Waals surface area contributed by atoms with Gasteiger partial charge in [-0.3, -0.25) is 9.48 Å². The predicted octanol–water partition coefficient (Wildman–Crippen LogP) is 2.25. The van der Waals surface area contributed by atoms with E-state index in [1.54, 1.807) is 18.3 Å². The Morgan fingerprint density at radius 2 is 2.16 bits per heavy atom. The fourth-order valence-electron chi connectivity index (χ4n) is 1.78.